The zero-order chi connectivity index (χ0) is 15.8. The first kappa shape index (κ1) is 16.8. The number of rotatable bonds is 6. The maximum absolute atomic E-state index is 12.3. The molecule has 1 aliphatic heterocycles. The molecule has 0 aromatic heterocycles. The monoisotopic (exact) mass is 305 g/mol. The van der Waals surface area contributed by atoms with E-state index in [1.54, 1.807) is 0 Å². The molecule has 0 unspecified atom stereocenters. The van der Waals surface area contributed by atoms with Crippen LogP contribution >= 0.6 is 0 Å². The van der Waals surface area contributed by atoms with Gasteiger partial charge >= 0.3 is 6.03 Å². The standard InChI is InChI=1S/C17H27N3O2/c1-3-19-9-11-20(12-10-19)17(21)18-13-15-7-5-6-8-16(15)14-22-4-2/h5-8H,3-4,9-14H2,1-2H3,(H,18,21). The minimum Gasteiger partial charge on any atom is -0.377 e. The lowest BCUT2D eigenvalue weighted by Gasteiger charge is -2.34. The van der Waals surface area contributed by atoms with Gasteiger partial charge < -0.3 is 19.9 Å². The molecule has 0 saturated carbocycles. The van der Waals surface area contributed by atoms with Crippen LogP contribution in [-0.4, -0.2) is 55.2 Å². The first-order valence-corrected chi connectivity index (χ1v) is 8.14. The SMILES string of the molecule is CCOCc1ccccc1CNC(=O)N1CCN(CC)CC1. The van der Waals surface area contributed by atoms with Crippen molar-refractivity contribution in [2.24, 2.45) is 0 Å². The highest BCUT2D eigenvalue weighted by atomic mass is 16.5. The lowest BCUT2D eigenvalue weighted by molar-refractivity contribution is 0.133. The number of ether oxygens (including phenoxy) is 1. The average Bonchev–Trinajstić information content (AvgIpc) is 2.58. The molecule has 0 spiro atoms. The Bertz CT molecular complexity index is 471. The Balaban J connectivity index is 1.83. The third kappa shape index (κ3) is 4.71. The van der Waals surface area contributed by atoms with Crippen LogP contribution in [0, 0.1) is 0 Å². The number of nitrogens with one attached hydrogen (secondary N) is 1. The summed E-state index contributed by atoms with van der Waals surface area (Å²) in [6, 6.07) is 8.13. The van der Waals surface area contributed by atoms with Crippen LogP contribution in [0.2, 0.25) is 0 Å². The average molecular weight is 305 g/mol. The summed E-state index contributed by atoms with van der Waals surface area (Å²) in [4.78, 5) is 16.5. The molecular weight excluding hydrogens is 278 g/mol. The van der Waals surface area contributed by atoms with Gasteiger partial charge in [0.05, 0.1) is 6.61 Å². The Hall–Kier alpha value is -1.59. The zero-order valence-corrected chi connectivity index (χ0v) is 13.7. The first-order valence-electron chi connectivity index (χ1n) is 8.14. The van der Waals surface area contributed by atoms with Gasteiger partial charge in [-0.25, -0.2) is 4.79 Å². The summed E-state index contributed by atoms with van der Waals surface area (Å²) in [5.41, 5.74) is 2.26. The van der Waals surface area contributed by atoms with Crippen molar-refractivity contribution in [3.05, 3.63) is 35.4 Å². The van der Waals surface area contributed by atoms with Crippen molar-refractivity contribution in [2.75, 3.05) is 39.3 Å². The largest absolute Gasteiger partial charge is 0.377 e. The third-order valence-corrected chi connectivity index (χ3v) is 4.12. The van der Waals surface area contributed by atoms with Gasteiger partial charge in [-0.05, 0) is 24.6 Å². The second kappa shape index (κ2) is 8.76. The number of nitrogens with zero attached hydrogens (tertiary/aromatic N) is 2. The van der Waals surface area contributed by atoms with E-state index in [9.17, 15) is 4.79 Å². The lowest BCUT2D eigenvalue weighted by atomic mass is 10.1. The molecule has 1 fully saturated rings. The normalized spacial score (nSPS) is 15.8. The van der Waals surface area contributed by atoms with Crippen LogP contribution in [0.4, 0.5) is 4.79 Å². The third-order valence-electron chi connectivity index (χ3n) is 4.12. The fourth-order valence-electron chi connectivity index (χ4n) is 2.63. The number of amides is 2. The van der Waals surface area contributed by atoms with Gasteiger partial charge in [0.1, 0.15) is 0 Å². The maximum Gasteiger partial charge on any atom is 0.317 e. The topological polar surface area (TPSA) is 44.8 Å². The van der Waals surface area contributed by atoms with Gasteiger partial charge in [0, 0.05) is 39.3 Å². The molecule has 5 heteroatoms. The van der Waals surface area contributed by atoms with E-state index in [0.717, 1.165) is 43.9 Å². The Labute approximate surface area is 133 Å². The van der Waals surface area contributed by atoms with E-state index in [1.165, 1.54) is 0 Å². The molecule has 1 aromatic rings. The van der Waals surface area contributed by atoms with Crippen LogP contribution in [0.5, 0.6) is 0 Å². The van der Waals surface area contributed by atoms with E-state index in [-0.39, 0.29) is 6.03 Å². The number of piperazine rings is 1. The van der Waals surface area contributed by atoms with E-state index in [4.69, 9.17) is 4.74 Å². The summed E-state index contributed by atoms with van der Waals surface area (Å²) in [5.74, 6) is 0. The molecular formula is C17H27N3O2. The Morgan fingerprint density at radius 1 is 1.14 bits per heavy atom. The quantitative estimate of drug-likeness (QED) is 0.875. The molecule has 1 aromatic carbocycles. The number of carbonyl (C=O) groups excluding carboxylic acids is 1. The number of likely N-dealkylation sites (N-methyl/N-ethyl adjacent to an activating group) is 1. The number of carbonyl (C=O) groups is 1. The van der Waals surface area contributed by atoms with Crippen molar-refractivity contribution >= 4 is 6.03 Å². The number of benzene rings is 1. The van der Waals surface area contributed by atoms with Gasteiger partial charge in [-0.1, -0.05) is 31.2 Å². The maximum atomic E-state index is 12.3. The molecule has 2 rings (SSSR count). The van der Waals surface area contributed by atoms with E-state index in [1.807, 2.05) is 30.0 Å². The molecule has 0 radical (unpaired) electrons. The van der Waals surface area contributed by atoms with Gasteiger partial charge in [-0.15, -0.1) is 0 Å². The van der Waals surface area contributed by atoms with E-state index in [0.29, 0.717) is 19.8 Å². The van der Waals surface area contributed by atoms with Crippen molar-refractivity contribution < 1.29 is 9.53 Å². The molecule has 1 aliphatic rings. The lowest BCUT2D eigenvalue weighted by Crippen LogP contribution is -2.51. The van der Waals surface area contributed by atoms with Crippen LogP contribution in [-0.2, 0) is 17.9 Å². The van der Waals surface area contributed by atoms with Crippen molar-refractivity contribution in [3.8, 4) is 0 Å². The Morgan fingerprint density at radius 2 is 1.82 bits per heavy atom. The molecule has 0 bridgehead atoms. The fraction of sp³-hybridized carbons (Fsp3) is 0.588. The summed E-state index contributed by atoms with van der Waals surface area (Å²) >= 11 is 0. The fourth-order valence-corrected chi connectivity index (χ4v) is 2.63. The summed E-state index contributed by atoms with van der Waals surface area (Å²) in [6.07, 6.45) is 0. The van der Waals surface area contributed by atoms with Crippen LogP contribution < -0.4 is 5.32 Å². The second-order valence-electron chi connectivity index (χ2n) is 5.49. The minimum atomic E-state index is 0.0296. The van der Waals surface area contributed by atoms with Crippen molar-refractivity contribution in [2.45, 2.75) is 27.0 Å². The number of hydrogen-bond donors (Lipinski definition) is 1. The predicted molar refractivity (Wildman–Crippen MR) is 87.7 cm³/mol. The summed E-state index contributed by atoms with van der Waals surface area (Å²) < 4.78 is 5.48. The zero-order valence-electron chi connectivity index (χ0n) is 13.7. The molecule has 0 aliphatic carbocycles. The van der Waals surface area contributed by atoms with Gasteiger partial charge in [0.15, 0.2) is 0 Å². The molecule has 122 valence electrons. The number of urea groups is 1. The summed E-state index contributed by atoms with van der Waals surface area (Å²) in [7, 11) is 0. The summed E-state index contributed by atoms with van der Waals surface area (Å²) in [5, 5.41) is 3.03. The van der Waals surface area contributed by atoms with Gasteiger partial charge in [0.2, 0.25) is 0 Å². The summed E-state index contributed by atoms with van der Waals surface area (Å²) in [6.45, 7) is 10.6. The minimum absolute atomic E-state index is 0.0296. The second-order valence-corrected chi connectivity index (χ2v) is 5.49. The smallest absolute Gasteiger partial charge is 0.317 e. The first-order chi connectivity index (χ1) is 10.7. The van der Waals surface area contributed by atoms with Crippen molar-refractivity contribution in [1.29, 1.82) is 0 Å². The van der Waals surface area contributed by atoms with E-state index in [2.05, 4.69) is 23.2 Å². The molecule has 5 nitrogen and oxygen atoms in total. The van der Waals surface area contributed by atoms with Gasteiger partial charge in [-0.2, -0.15) is 0 Å². The van der Waals surface area contributed by atoms with E-state index < -0.39 is 0 Å². The van der Waals surface area contributed by atoms with Gasteiger partial charge in [0.25, 0.3) is 0 Å². The Kier molecular flexibility index (Phi) is 6.68. The van der Waals surface area contributed by atoms with Crippen LogP contribution in [0.25, 0.3) is 0 Å². The number of hydrogen-bond acceptors (Lipinski definition) is 3. The molecule has 22 heavy (non-hydrogen) atoms. The Morgan fingerprint density at radius 3 is 2.45 bits per heavy atom. The molecule has 1 heterocycles. The van der Waals surface area contributed by atoms with Crippen molar-refractivity contribution in [1.82, 2.24) is 15.1 Å². The van der Waals surface area contributed by atoms with Gasteiger partial charge in [-0.3, -0.25) is 0 Å². The highest BCUT2D eigenvalue weighted by Crippen LogP contribution is 2.10. The molecule has 0 atom stereocenters. The molecule has 2 amide bonds. The van der Waals surface area contributed by atoms with Crippen molar-refractivity contribution in [3.63, 3.8) is 0 Å². The predicted octanol–water partition coefficient (Wildman–Crippen LogP) is 2.07. The molecule has 1 saturated heterocycles. The highest BCUT2D eigenvalue weighted by Gasteiger charge is 2.19. The van der Waals surface area contributed by atoms with E-state index >= 15 is 0 Å². The highest BCUT2D eigenvalue weighted by molar-refractivity contribution is 5.74. The van der Waals surface area contributed by atoms with Crippen LogP contribution in [0.1, 0.15) is 25.0 Å². The molecule has 1 N–H and O–H groups in total. The van der Waals surface area contributed by atoms with Crippen LogP contribution in [0.15, 0.2) is 24.3 Å². The van der Waals surface area contributed by atoms with Crippen LogP contribution in [0.3, 0.4) is 0 Å².